The summed E-state index contributed by atoms with van der Waals surface area (Å²) >= 11 is 6.33. The lowest BCUT2D eigenvalue weighted by Gasteiger charge is -2.49. The molecule has 2 aromatic rings. The fourth-order valence-electron chi connectivity index (χ4n) is 4.88. The van der Waals surface area contributed by atoms with Crippen LogP contribution in [0.15, 0.2) is 41.5 Å². The second-order valence-corrected chi connectivity index (χ2v) is 8.41. The van der Waals surface area contributed by atoms with Gasteiger partial charge < -0.3 is 14.2 Å². The quantitative estimate of drug-likeness (QED) is 0.661. The van der Waals surface area contributed by atoms with Gasteiger partial charge in [-0.3, -0.25) is 0 Å². The Kier molecular flexibility index (Phi) is 4.58. The van der Waals surface area contributed by atoms with Crippen LogP contribution in [0.25, 0.3) is 0 Å². The smallest absolute Gasteiger partial charge is 0.198 e. The Hall–Kier alpha value is -2.40. The van der Waals surface area contributed by atoms with E-state index in [1.54, 1.807) is 14.2 Å². The van der Waals surface area contributed by atoms with Crippen LogP contribution in [0.1, 0.15) is 55.7 Å². The van der Waals surface area contributed by atoms with Crippen molar-refractivity contribution in [2.45, 2.75) is 50.3 Å². The van der Waals surface area contributed by atoms with Crippen molar-refractivity contribution in [1.29, 1.82) is 0 Å². The Morgan fingerprint density at radius 1 is 1.03 bits per heavy atom. The molecule has 5 nitrogen and oxygen atoms in total. The van der Waals surface area contributed by atoms with Gasteiger partial charge >= 0.3 is 0 Å². The average molecular weight is 413 g/mol. The minimum absolute atomic E-state index is 0.138. The molecule has 6 heteroatoms. The van der Waals surface area contributed by atoms with Crippen LogP contribution in [0.5, 0.6) is 17.2 Å². The molecular weight excluding hydrogens is 388 g/mol. The number of benzene rings is 2. The molecule has 152 valence electrons. The zero-order valence-corrected chi connectivity index (χ0v) is 17.5. The minimum atomic E-state index is -0.359. The fraction of sp³-hybridized carbons (Fsp3) is 0.435. The Balaban J connectivity index is 1.58. The predicted molar refractivity (Wildman–Crippen MR) is 113 cm³/mol. The third kappa shape index (κ3) is 3.03. The lowest BCUT2D eigenvalue weighted by atomic mass is 9.86. The molecule has 0 radical (unpaired) electrons. The molecule has 3 aliphatic rings. The van der Waals surface area contributed by atoms with E-state index in [1.807, 2.05) is 36.4 Å². The maximum atomic E-state index is 6.61. The molecule has 0 amide bonds. The zero-order valence-electron chi connectivity index (χ0n) is 16.8. The largest absolute Gasteiger partial charge is 0.493 e. The molecule has 2 aliphatic heterocycles. The van der Waals surface area contributed by atoms with E-state index in [0.717, 1.165) is 65.5 Å². The van der Waals surface area contributed by atoms with Gasteiger partial charge in [0.25, 0.3) is 0 Å². The van der Waals surface area contributed by atoms with Crippen LogP contribution in [-0.2, 0) is 0 Å². The number of nitrogens with zero attached hydrogens (tertiary/aromatic N) is 2. The number of fused-ring (bicyclic) bond motifs is 4. The van der Waals surface area contributed by atoms with Crippen molar-refractivity contribution in [3.63, 3.8) is 0 Å². The van der Waals surface area contributed by atoms with E-state index >= 15 is 0 Å². The lowest BCUT2D eigenvalue weighted by Crippen LogP contribution is -2.54. The molecule has 0 bridgehead atoms. The van der Waals surface area contributed by atoms with Gasteiger partial charge in [0.15, 0.2) is 17.2 Å². The van der Waals surface area contributed by atoms with Crippen molar-refractivity contribution in [3.05, 3.63) is 52.5 Å². The average Bonchev–Trinajstić information content (AvgIpc) is 3.21. The molecule has 0 saturated heterocycles. The molecule has 5 rings (SSSR count). The van der Waals surface area contributed by atoms with E-state index < -0.39 is 0 Å². The molecule has 0 aromatic heterocycles. The van der Waals surface area contributed by atoms with Gasteiger partial charge in [-0.15, -0.1) is 0 Å². The maximum absolute atomic E-state index is 6.61. The number of ether oxygens (including phenoxy) is 3. The topological polar surface area (TPSA) is 43.3 Å². The minimum Gasteiger partial charge on any atom is -0.493 e. The molecule has 2 aromatic carbocycles. The Morgan fingerprint density at radius 2 is 1.83 bits per heavy atom. The second kappa shape index (κ2) is 7.13. The van der Waals surface area contributed by atoms with Crippen molar-refractivity contribution in [3.8, 4) is 17.2 Å². The third-order valence-electron chi connectivity index (χ3n) is 6.31. The van der Waals surface area contributed by atoms with Crippen LogP contribution >= 0.6 is 11.6 Å². The van der Waals surface area contributed by atoms with Gasteiger partial charge in [-0.1, -0.05) is 18.0 Å². The molecular formula is C23H25ClN2O3. The van der Waals surface area contributed by atoms with Crippen molar-refractivity contribution < 1.29 is 14.2 Å². The Labute approximate surface area is 176 Å². The summed E-state index contributed by atoms with van der Waals surface area (Å²) in [5.74, 6) is 2.38. The van der Waals surface area contributed by atoms with E-state index in [2.05, 4.69) is 5.01 Å². The van der Waals surface area contributed by atoms with Gasteiger partial charge in [-0.25, -0.2) is 5.01 Å². The number of halogens is 1. The zero-order chi connectivity index (χ0) is 20.0. The SMILES string of the molecule is COc1ccc(C2=NN3C(C2)c2cc(Cl)ccc2OC32CCCCC2)cc1OC. The van der Waals surface area contributed by atoms with Crippen LogP contribution in [0, 0.1) is 0 Å². The molecule has 1 unspecified atom stereocenters. The monoisotopic (exact) mass is 412 g/mol. The first-order chi connectivity index (χ1) is 14.1. The standard InChI is InChI=1S/C23H25ClN2O3/c1-27-21-8-6-15(12-22(21)28-2)18-14-19-17-13-16(24)7-9-20(17)29-23(26(19)25-18)10-4-3-5-11-23/h6-9,12-13,19H,3-5,10-11,14H2,1-2H3. The fourth-order valence-corrected chi connectivity index (χ4v) is 5.06. The normalized spacial score (nSPS) is 21.8. The highest BCUT2D eigenvalue weighted by atomic mass is 35.5. The number of hydrogen-bond donors (Lipinski definition) is 0. The number of hydrazone groups is 1. The molecule has 1 spiro atoms. The summed E-state index contributed by atoms with van der Waals surface area (Å²) in [7, 11) is 3.31. The van der Waals surface area contributed by atoms with Gasteiger partial charge in [0.2, 0.25) is 0 Å². The number of methoxy groups -OCH3 is 2. The summed E-state index contributed by atoms with van der Waals surface area (Å²) in [5.41, 5.74) is 2.85. The molecule has 1 atom stereocenters. The lowest BCUT2D eigenvalue weighted by molar-refractivity contribution is -0.140. The van der Waals surface area contributed by atoms with Gasteiger partial charge in [0.05, 0.1) is 26.0 Å². The Morgan fingerprint density at radius 3 is 2.59 bits per heavy atom. The first kappa shape index (κ1) is 18.6. The molecule has 29 heavy (non-hydrogen) atoms. The van der Waals surface area contributed by atoms with Crippen molar-refractivity contribution in [2.75, 3.05) is 14.2 Å². The summed E-state index contributed by atoms with van der Waals surface area (Å²) in [6.45, 7) is 0. The summed E-state index contributed by atoms with van der Waals surface area (Å²) in [6, 6.07) is 12.1. The van der Waals surface area contributed by atoms with Crippen molar-refractivity contribution in [2.24, 2.45) is 5.10 Å². The first-order valence-corrected chi connectivity index (χ1v) is 10.6. The Bertz CT molecular complexity index is 969. The van der Waals surface area contributed by atoms with Crippen molar-refractivity contribution in [1.82, 2.24) is 5.01 Å². The molecule has 1 saturated carbocycles. The molecule has 1 fully saturated rings. The van der Waals surface area contributed by atoms with E-state index in [-0.39, 0.29) is 11.8 Å². The predicted octanol–water partition coefficient (Wildman–Crippen LogP) is 5.56. The van der Waals surface area contributed by atoms with Crippen LogP contribution in [0.3, 0.4) is 0 Å². The highest BCUT2D eigenvalue weighted by molar-refractivity contribution is 6.30. The van der Waals surface area contributed by atoms with Gasteiger partial charge in [-0.2, -0.15) is 5.10 Å². The molecule has 2 heterocycles. The second-order valence-electron chi connectivity index (χ2n) is 7.97. The maximum Gasteiger partial charge on any atom is 0.198 e. The van der Waals surface area contributed by atoms with E-state index in [4.69, 9.17) is 30.9 Å². The summed E-state index contributed by atoms with van der Waals surface area (Å²) < 4.78 is 17.5. The van der Waals surface area contributed by atoms with E-state index in [1.165, 1.54) is 6.42 Å². The van der Waals surface area contributed by atoms with Gasteiger partial charge in [-0.05, 0) is 49.2 Å². The van der Waals surface area contributed by atoms with Crippen LogP contribution in [0.2, 0.25) is 5.02 Å². The number of rotatable bonds is 3. The van der Waals surface area contributed by atoms with Crippen LogP contribution < -0.4 is 14.2 Å². The number of hydrogen-bond acceptors (Lipinski definition) is 5. The third-order valence-corrected chi connectivity index (χ3v) is 6.55. The van der Waals surface area contributed by atoms with Crippen LogP contribution in [-0.4, -0.2) is 30.7 Å². The molecule has 0 N–H and O–H groups in total. The van der Waals surface area contributed by atoms with E-state index in [9.17, 15) is 0 Å². The highest BCUT2D eigenvalue weighted by Crippen LogP contribution is 2.51. The summed E-state index contributed by atoms with van der Waals surface area (Å²) in [4.78, 5) is 0. The van der Waals surface area contributed by atoms with E-state index in [0.29, 0.717) is 5.75 Å². The van der Waals surface area contributed by atoms with Crippen molar-refractivity contribution >= 4 is 17.3 Å². The van der Waals surface area contributed by atoms with Gasteiger partial charge in [0.1, 0.15) is 5.75 Å². The summed E-state index contributed by atoms with van der Waals surface area (Å²) in [6.07, 6.45) is 6.38. The first-order valence-electron chi connectivity index (χ1n) is 10.2. The van der Waals surface area contributed by atoms with Crippen LogP contribution in [0.4, 0.5) is 0 Å². The summed E-state index contributed by atoms with van der Waals surface area (Å²) in [5, 5.41) is 8.05. The molecule has 1 aliphatic carbocycles. The highest BCUT2D eigenvalue weighted by Gasteiger charge is 2.50. The van der Waals surface area contributed by atoms with Gasteiger partial charge in [0, 0.05) is 35.4 Å².